The Morgan fingerprint density at radius 2 is 2.57 bits per heavy atom. The lowest BCUT2D eigenvalue weighted by molar-refractivity contribution is 0.317. The number of hydrogen-bond acceptors (Lipinski definition) is 5. The number of nitrogens with one attached hydrogen (secondary N) is 1. The van der Waals surface area contributed by atoms with Gasteiger partial charge >= 0.3 is 0 Å². The molecule has 0 aliphatic heterocycles. The van der Waals surface area contributed by atoms with Crippen molar-refractivity contribution in [1.82, 2.24) is 10.3 Å². The molecule has 0 unspecified atom stereocenters. The highest BCUT2D eigenvalue weighted by Crippen LogP contribution is 2.07. The fourth-order valence-electron chi connectivity index (χ4n) is 0.991. The van der Waals surface area contributed by atoms with Gasteiger partial charge in [-0.1, -0.05) is 5.16 Å². The first-order valence-corrected chi connectivity index (χ1v) is 5.18. The molecule has 1 heterocycles. The van der Waals surface area contributed by atoms with Gasteiger partial charge in [0.1, 0.15) is 0 Å². The van der Waals surface area contributed by atoms with Crippen molar-refractivity contribution in [2.45, 2.75) is 13.3 Å². The van der Waals surface area contributed by atoms with E-state index < -0.39 is 0 Å². The molecule has 6 heteroatoms. The van der Waals surface area contributed by atoms with Crippen molar-refractivity contribution in [3.63, 3.8) is 0 Å². The average Bonchev–Trinajstić information content (AvgIpc) is 2.58. The summed E-state index contributed by atoms with van der Waals surface area (Å²) in [5, 5.41) is 17.3. The number of nitrogens with two attached hydrogens (primary N) is 1. The summed E-state index contributed by atoms with van der Waals surface area (Å²) in [5.74, 6) is 0.194. The topological polar surface area (TPSA) is 83.5 Å². The van der Waals surface area contributed by atoms with Crippen LogP contribution in [-0.4, -0.2) is 29.1 Å². The molecule has 0 fully saturated rings. The van der Waals surface area contributed by atoms with Gasteiger partial charge in [-0.15, -0.1) is 11.3 Å². The van der Waals surface area contributed by atoms with Crippen LogP contribution in [0.3, 0.4) is 0 Å². The first kappa shape index (κ1) is 10.9. The van der Waals surface area contributed by atoms with Crippen LogP contribution in [0.15, 0.2) is 10.5 Å². The van der Waals surface area contributed by atoms with Gasteiger partial charge in [0.15, 0.2) is 5.84 Å². The van der Waals surface area contributed by atoms with Crippen molar-refractivity contribution < 1.29 is 5.21 Å². The van der Waals surface area contributed by atoms with E-state index in [4.69, 9.17) is 10.9 Å². The van der Waals surface area contributed by atoms with Crippen molar-refractivity contribution in [2.24, 2.45) is 10.9 Å². The van der Waals surface area contributed by atoms with E-state index in [1.165, 1.54) is 0 Å². The van der Waals surface area contributed by atoms with Gasteiger partial charge in [-0.05, 0) is 6.92 Å². The number of oxime groups is 1. The summed E-state index contributed by atoms with van der Waals surface area (Å²) >= 11 is 1.65. The lowest BCUT2D eigenvalue weighted by Crippen LogP contribution is -2.30. The third-order valence-corrected chi connectivity index (χ3v) is 2.48. The van der Waals surface area contributed by atoms with E-state index in [0.717, 1.165) is 23.7 Å². The fourth-order valence-corrected chi connectivity index (χ4v) is 1.64. The van der Waals surface area contributed by atoms with E-state index in [1.54, 1.807) is 11.3 Å². The largest absolute Gasteiger partial charge is 0.409 e. The summed E-state index contributed by atoms with van der Waals surface area (Å²) < 4.78 is 0. The second-order valence-corrected chi connectivity index (χ2v) is 3.94. The molecule has 0 spiro atoms. The molecule has 0 saturated heterocycles. The Morgan fingerprint density at radius 1 is 1.79 bits per heavy atom. The monoisotopic (exact) mass is 214 g/mol. The van der Waals surface area contributed by atoms with Crippen LogP contribution in [0.2, 0.25) is 0 Å². The SMILES string of the molecule is Cc1nc(CCNCC(N)=NO)cs1. The number of thiazole rings is 1. The summed E-state index contributed by atoms with van der Waals surface area (Å²) in [4.78, 5) is 4.32. The predicted molar refractivity (Wildman–Crippen MR) is 56.8 cm³/mol. The molecule has 0 aliphatic rings. The average molecular weight is 214 g/mol. The van der Waals surface area contributed by atoms with E-state index in [1.807, 2.05) is 12.3 Å². The normalized spacial score (nSPS) is 11.9. The van der Waals surface area contributed by atoms with Crippen molar-refractivity contribution in [3.8, 4) is 0 Å². The van der Waals surface area contributed by atoms with Crippen LogP contribution in [0, 0.1) is 6.92 Å². The van der Waals surface area contributed by atoms with Crippen LogP contribution in [0.1, 0.15) is 10.7 Å². The number of aromatic nitrogens is 1. The zero-order valence-corrected chi connectivity index (χ0v) is 8.84. The molecule has 14 heavy (non-hydrogen) atoms. The number of nitrogens with zero attached hydrogens (tertiary/aromatic N) is 2. The zero-order chi connectivity index (χ0) is 10.4. The second kappa shape index (κ2) is 5.56. The molecular formula is C8H14N4OS. The molecule has 0 amide bonds. The quantitative estimate of drug-likeness (QED) is 0.217. The summed E-state index contributed by atoms with van der Waals surface area (Å²) in [6, 6.07) is 0. The van der Waals surface area contributed by atoms with Gasteiger partial charge in [0, 0.05) is 18.3 Å². The maximum absolute atomic E-state index is 8.27. The third kappa shape index (κ3) is 3.71. The summed E-state index contributed by atoms with van der Waals surface area (Å²) in [6.07, 6.45) is 0.864. The van der Waals surface area contributed by atoms with E-state index >= 15 is 0 Å². The van der Waals surface area contributed by atoms with E-state index in [-0.39, 0.29) is 5.84 Å². The molecule has 4 N–H and O–H groups in total. The van der Waals surface area contributed by atoms with Crippen molar-refractivity contribution >= 4 is 17.2 Å². The maximum Gasteiger partial charge on any atom is 0.153 e. The Labute approximate surface area is 86.6 Å². The summed E-state index contributed by atoms with van der Waals surface area (Å²) in [7, 11) is 0. The van der Waals surface area contributed by atoms with Gasteiger partial charge in [-0.3, -0.25) is 0 Å². The van der Waals surface area contributed by atoms with Crippen molar-refractivity contribution in [1.29, 1.82) is 0 Å². The molecule has 0 bridgehead atoms. The highest BCUT2D eigenvalue weighted by Gasteiger charge is 1.98. The fraction of sp³-hybridized carbons (Fsp3) is 0.500. The maximum atomic E-state index is 8.27. The number of aryl methyl sites for hydroxylation is 1. The molecule has 0 saturated carbocycles. The van der Waals surface area contributed by atoms with Crippen LogP contribution < -0.4 is 11.1 Å². The minimum atomic E-state index is 0.194. The Bertz CT molecular complexity index is 310. The predicted octanol–water partition coefficient (Wildman–Crippen LogP) is 0.330. The molecule has 0 aliphatic carbocycles. The van der Waals surface area contributed by atoms with Gasteiger partial charge in [0.25, 0.3) is 0 Å². The zero-order valence-electron chi connectivity index (χ0n) is 8.03. The van der Waals surface area contributed by atoms with E-state index in [9.17, 15) is 0 Å². The molecule has 0 aromatic carbocycles. The van der Waals surface area contributed by atoms with Crippen LogP contribution in [0.25, 0.3) is 0 Å². The van der Waals surface area contributed by atoms with Crippen LogP contribution in [-0.2, 0) is 6.42 Å². The van der Waals surface area contributed by atoms with Gasteiger partial charge in [-0.2, -0.15) is 0 Å². The van der Waals surface area contributed by atoms with Crippen molar-refractivity contribution in [2.75, 3.05) is 13.1 Å². The lowest BCUT2D eigenvalue weighted by atomic mass is 10.3. The molecule has 1 aromatic rings. The molecular weight excluding hydrogens is 200 g/mol. The second-order valence-electron chi connectivity index (χ2n) is 2.88. The smallest absolute Gasteiger partial charge is 0.153 e. The summed E-state index contributed by atoms with van der Waals surface area (Å²) in [6.45, 7) is 3.16. The van der Waals surface area contributed by atoms with Gasteiger partial charge in [0.05, 0.1) is 17.2 Å². The number of hydrogen-bond donors (Lipinski definition) is 3. The molecule has 5 nitrogen and oxygen atoms in total. The molecule has 1 rings (SSSR count). The first-order valence-electron chi connectivity index (χ1n) is 4.30. The summed E-state index contributed by atoms with van der Waals surface area (Å²) in [5.41, 5.74) is 6.36. The Balaban J connectivity index is 2.16. The molecule has 78 valence electrons. The van der Waals surface area contributed by atoms with Crippen molar-refractivity contribution in [3.05, 3.63) is 16.1 Å². The molecule has 0 atom stereocenters. The Kier molecular flexibility index (Phi) is 4.34. The highest BCUT2D eigenvalue weighted by molar-refractivity contribution is 7.09. The third-order valence-electron chi connectivity index (χ3n) is 1.66. The minimum absolute atomic E-state index is 0.194. The first-order chi connectivity index (χ1) is 6.72. The Hall–Kier alpha value is -1.14. The van der Waals surface area contributed by atoms with Crippen LogP contribution in [0.5, 0.6) is 0 Å². The number of rotatable bonds is 5. The van der Waals surface area contributed by atoms with Gasteiger partial charge in [0.2, 0.25) is 0 Å². The van der Waals surface area contributed by atoms with Gasteiger partial charge in [-0.25, -0.2) is 4.98 Å². The number of amidine groups is 1. The molecule has 0 radical (unpaired) electrons. The van der Waals surface area contributed by atoms with Crippen LogP contribution in [0.4, 0.5) is 0 Å². The van der Waals surface area contributed by atoms with E-state index in [2.05, 4.69) is 15.5 Å². The Morgan fingerprint density at radius 3 is 3.14 bits per heavy atom. The minimum Gasteiger partial charge on any atom is -0.409 e. The highest BCUT2D eigenvalue weighted by atomic mass is 32.1. The van der Waals surface area contributed by atoms with Crippen LogP contribution >= 0.6 is 11.3 Å². The lowest BCUT2D eigenvalue weighted by Gasteiger charge is -2.00. The standard InChI is InChI=1S/C8H14N4OS/c1-6-11-7(5-14-6)2-3-10-4-8(9)12-13/h5,10,13H,2-4H2,1H3,(H2,9,12). The van der Waals surface area contributed by atoms with E-state index in [0.29, 0.717) is 6.54 Å². The van der Waals surface area contributed by atoms with Gasteiger partial charge < -0.3 is 16.3 Å². The molecule has 1 aromatic heterocycles.